The number of nitrogens with zero attached hydrogens (tertiary/aromatic N) is 3. The van der Waals surface area contributed by atoms with Crippen LogP contribution in [-0.2, 0) is 33.5 Å². The zero-order valence-corrected chi connectivity index (χ0v) is 19.8. The third-order valence-electron chi connectivity index (χ3n) is 4.92. The molecule has 3 unspecified atom stereocenters. The number of methoxy groups -OCH3 is 1. The van der Waals surface area contributed by atoms with Crippen LogP contribution in [0.4, 0.5) is 0 Å². The average Bonchev–Trinajstić information content (AvgIpc) is 3.12. The van der Waals surface area contributed by atoms with Crippen LogP contribution in [0, 0.1) is 29.6 Å². The summed E-state index contributed by atoms with van der Waals surface area (Å²) in [6.07, 6.45) is -1.31. The van der Waals surface area contributed by atoms with Crippen molar-refractivity contribution in [1.82, 2.24) is 14.6 Å². The average molecular weight is 501 g/mol. The van der Waals surface area contributed by atoms with Gasteiger partial charge in [-0.15, -0.1) is 0 Å². The number of aryl methyl sites for hydroxylation is 1. The lowest BCUT2D eigenvalue weighted by Gasteiger charge is -2.34. The maximum absolute atomic E-state index is 13.0. The van der Waals surface area contributed by atoms with Gasteiger partial charge in [0.05, 0.1) is 58.0 Å². The molecule has 3 atom stereocenters. The van der Waals surface area contributed by atoms with Crippen molar-refractivity contribution in [3.63, 3.8) is 0 Å². The molecule has 0 amide bonds. The van der Waals surface area contributed by atoms with Crippen molar-refractivity contribution in [2.75, 3.05) is 46.7 Å². The molecular weight excluding hydrogens is 473 g/mol. The molecule has 1 aromatic heterocycles. The number of aromatic nitrogens is 2. The second-order valence-electron chi connectivity index (χ2n) is 7.26. The van der Waals surface area contributed by atoms with E-state index in [2.05, 4.69) is 10.1 Å². The van der Waals surface area contributed by atoms with Gasteiger partial charge < -0.3 is 19.3 Å². The van der Waals surface area contributed by atoms with Crippen LogP contribution in [0.2, 0.25) is 0 Å². The summed E-state index contributed by atoms with van der Waals surface area (Å²) in [5.41, 5.74) is -2.88. The number of hydrogen-bond donors (Lipinski definition) is 3. The fourth-order valence-electron chi connectivity index (χ4n) is 3.18. The number of aliphatic hydroxyl groups is 1. The first-order valence-electron chi connectivity index (χ1n) is 10.4. The first kappa shape index (κ1) is 27.9. The summed E-state index contributed by atoms with van der Waals surface area (Å²) in [5, 5.41) is 31.0. The Morgan fingerprint density at radius 2 is 1.91 bits per heavy atom. The smallest absolute Gasteiger partial charge is 0.385 e. The van der Waals surface area contributed by atoms with Crippen LogP contribution in [0.25, 0.3) is 0 Å². The fourth-order valence-corrected chi connectivity index (χ4v) is 4.50. The molecule has 0 saturated carbocycles. The third kappa shape index (κ3) is 6.82. The standard InChI is InChI=1S/C19H28N5O9P/c1-14-12-24(18(27)23-17(14)26)19(31-10-9-29-2)13-30-15(16(19)25)11-22-34(28,32-7-3-5-20)33-8-4-6-21/h12,15-16,25H,3-4,7-11,13H2,1-2H3,(H,22,28)(H,23,26,27). The molecule has 0 spiro atoms. The number of ether oxygens (including phenoxy) is 3. The molecule has 0 aromatic carbocycles. The van der Waals surface area contributed by atoms with Gasteiger partial charge in [0, 0.05) is 25.4 Å². The van der Waals surface area contributed by atoms with Gasteiger partial charge in [-0.2, -0.15) is 10.5 Å². The highest BCUT2D eigenvalue weighted by atomic mass is 31.2. The van der Waals surface area contributed by atoms with E-state index in [0.717, 1.165) is 4.57 Å². The lowest BCUT2D eigenvalue weighted by atomic mass is 10.0. The quantitative estimate of drug-likeness (QED) is 0.218. The first-order chi connectivity index (χ1) is 16.2. The molecule has 1 fully saturated rings. The minimum atomic E-state index is -3.94. The highest BCUT2D eigenvalue weighted by Crippen LogP contribution is 2.44. The molecule has 0 radical (unpaired) electrons. The molecular formula is C19H28N5O9P. The SMILES string of the molecule is COCCOC1(n2cc(C)c(=O)[nH]c2=O)COC(CNP(=O)(OCCC#N)OCCC#N)C1O. The van der Waals surface area contributed by atoms with Crippen molar-refractivity contribution in [3.8, 4) is 12.1 Å². The third-order valence-corrected chi connectivity index (χ3v) is 6.54. The number of aromatic amines is 1. The van der Waals surface area contributed by atoms with Gasteiger partial charge in [-0.05, 0) is 6.92 Å². The molecule has 15 heteroatoms. The predicted octanol–water partition coefficient (Wildman–Crippen LogP) is -0.521. The zero-order valence-electron chi connectivity index (χ0n) is 18.9. The van der Waals surface area contributed by atoms with E-state index in [4.69, 9.17) is 33.8 Å². The van der Waals surface area contributed by atoms with Gasteiger partial charge in [-0.25, -0.2) is 14.4 Å². The molecule has 2 heterocycles. The number of rotatable bonds is 14. The van der Waals surface area contributed by atoms with Crippen LogP contribution in [0.15, 0.2) is 15.8 Å². The van der Waals surface area contributed by atoms with Crippen LogP contribution in [0.3, 0.4) is 0 Å². The summed E-state index contributed by atoms with van der Waals surface area (Å²) in [7, 11) is -2.49. The van der Waals surface area contributed by atoms with Crippen molar-refractivity contribution in [1.29, 1.82) is 10.5 Å². The van der Waals surface area contributed by atoms with Crippen molar-refractivity contribution in [2.45, 2.75) is 37.7 Å². The van der Waals surface area contributed by atoms with E-state index in [0.29, 0.717) is 0 Å². The Morgan fingerprint density at radius 3 is 2.50 bits per heavy atom. The Hall–Kier alpha value is -2.39. The highest BCUT2D eigenvalue weighted by molar-refractivity contribution is 7.51. The number of hydrogen-bond acceptors (Lipinski definition) is 11. The molecule has 3 N–H and O–H groups in total. The number of nitrogens with one attached hydrogen (secondary N) is 2. The highest BCUT2D eigenvalue weighted by Gasteiger charge is 2.53. The van der Waals surface area contributed by atoms with Crippen LogP contribution in [-0.4, -0.2) is 73.6 Å². The number of H-pyrrole nitrogens is 1. The topological polar surface area (TPSA) is 198 Å². The molecule has 1 aliphatic heterocycles. The lowest BCUT2D eigenvalue weighted by Crippen LogP contribution is -2.55. The molecule has 1 aliphatic rings. The summed E-state index contributed by atoms with van der Waals surface area (Å²) in [5.74, 6) is 0. The maximum Gasteiger partial charge on any atom is 0.405 e. The molecule has 14 nitrogen and oxygen atoms in total. The van der Waals surface area contributed by atoms with Crippen molar-refractivity contribution < 1.29 is 32.9 Å². The molecule has 1 aromatic rings. The van der Waals surface area contributed by atoms with Crippen LogP contribution < -0.4 is 16.3 Å². The van der Waals surface area contributed by atoms with Gasteiger partial charge in [0.15, 0.2) is 0 Å². The van der Waals surface area contributed by atoms with Crippen LogP contribution >= 0.6 is 7.75 Å². The van der Waals surface area contributed by atoms with Crippen molar-refractivity contribution >= 4 is 7.75 Å². The molecule has 2 rings (SSSR count). The van der Waals surface area contributed by atoms with E-state index in [9.17, 15) is 19.3 Å². The molecule has 1 saturated heterocycles. The van der Waals surface area contributed by atoms with E-state index in [1.807, 2.05) is 12.1 Å². The van der Waals surface area contributed by atoms with E-state index in [-0.39, 0.29) is 58.0 Å². The summed E-state index contributed by atoms with van der Waals surface area (Å²) in [4.78, 5) is 26.5. The van der Waals surface area contributed by atoms with E-state index >= 15 is 0 Å². The molecule has 34 heavy (non-hydrogen) atoms. The second-order valence-corrected chi connectivity index (χ2v) is 9.09. The van der Waals surface area contributed by atoms with Gasteiger partial charge in [-0.3, -0.25) is 23.4 Å². The summed E-state index contributed by atoms with van der Waals surface area (Å²) in [6, 6.07) is 3.70. The molecule has 188 valence electrons. The Bertz CT molecular complexity index is 1040. The predicted molar refractivity (Wildman–Crippen MR) is 116 cm³/mol. The normalized spacial score (nSPS) is 22.4. The summed E-state index contributed by atoms with van der Waals surface area (Å²) in [6.45, 7) is 0.758. The molecule has 0 aliphatic carbocycles. The minimum absolute atomic E-state index is 0.00524. The molecule has 0 bridgehead atoms. The second kappa shape index (κ2) is 12.9. The van der Waals surface area contributed by atoms with E-state index in [1.54, 1.807) is 0 Å². The monoisotopic (exact) mass is 501 g/mol. The lowest BCUT2D eigenvalue weighted by molar-refractivity contribution is -0.168. The van der Waals surface area contributed by atoms with Crippen LogP contribution in [0.5, 0.6) is 0 Å². The van der Waals surface area contributed by atoms with Crippen molar-refractivity contribution in [2.24, 2.45) is 0 Å². The first-order valence-corrected chi connectivity index (χ1v) is 11.9. The Kier molecular flexibility index (Phi) is 10.6. The van der Waals surface area contributed by atoms with Gasteiger partial charge >= 0.3 is 13.4 Å². The van der Waals surface area contributed by atoms with Crippen LogP contribution in [0.1, 0.15) is 18.4 Å². The zero-order chi connectivity index (χ0) is 25.2. The summed E-state index contributed by atoms with van der Waals surface area (Å²) < 4.78 is 40.9. The van der Waals surface area contributed by atoms with Crippen molar-refractivity contribution in [3.05, 3.63) is 32.6 Å². The van der Waals surface area contributed by atoms with Gasteiger partial charge in [-0.1, -0.05) is 0 Å². The Morgan fingerprint density at radius 1 is 1.26 bits per heavy atom. The van der Waals surface area contributed by atoms with E-state index in [1.165, 1.54) is 20.2 Å². The Balaban J connectivity index is 2.24. The maximum atomic E-state index is 13.0. The van der Waals surface area contributed by atoms with Gasteiger partial charge in [0.2, 0.25) is 5.72 Å². The largest absolute Gasteiger partial charge is 0.405 e. The van der Waals surface area contributed by atoms with Gasteiger partial charge in [0.25, 0.3) is 5.56 Å². The van der Waals surface area contributed by atoms with E-state index < -0.39 is 36.9 Å². The Labute approximate surface area is 195 Å². The number of nitriles is 2. The van der Waals surface area contributed by atoms with Gasteiger partial charge in [0.1, 0.15) is 12.2 Å². The summed E-state index contributed by atoms with van der Waals surface area (Å²) >= 11 is 0. The number of aliphatic hydroxyl groups excluding tert-OH is 1. The fraction of sp³-hybridized carbons (Fsp3) is 0.684. The minimum Gasteiger partial charge on any atom is -0.385 e.